The molecule has 0 bridgehead atoms. The molecule has 1 rings (SSSR count). The number of primary amides is 1. The van der Waals surface area contributed by atoms with Gasteiger partial charge in [0, 0.05) is 36.8 Å². The van der Waals surface area contributed by atoms with E-state index < -0.39 is 17.4 Å². The van der Waals surface area contributed by atoms with Crippen LogP contribution in [-0.2, 0) is 11.8 Å². The monoisotopic (exact) mass is 251 g/mol. The van der Waals surface area contributed by atoms with Crippen molar-refractivity contribution in [3.05, 3.63) is 34.2 Å². The summed E-state index contributed by atoms with van der Waals surface area (Å²) in [6, 6.07) is 2.78. The van der Waals surface area contributed by atoms with Gasteiger partial charge in [0.05, 0.1) is 0 Å². The van der Waals surface area contributed by atoms with Crippen LogP contribution < -0.4 is 16.6 Å². The second-order valence-electron chi connectivity index (χ2n) is 4.85. The Morgan fingerprint density at radius 1 is 1.44 bits per heavy atom. The maximum absolute atomic E-state index is 11.9. The summed E-state index contributed by atoms with van der Waals surface area (Å²) in [6.45, 7) is 3.38. The normalized spacial score (nSPS) is 11.1. The number of carbonyl (C=O) groups excluding carboxylic acids is 2. The third-order valence-electron chi connectivity index (χ3n) is 2.43. The van der Waals surface area contributed by atoms with Crippen LogP contribution in [-0.4, -0.2) is 21.9 Å². The van der Waals surface area contributed by atoms with E-state index in [0.29, 0.717) is 0 Å². The lowest BCUT2D eigenvalue weighted by Crippen LogP contribution is -2.46. The number of nitrogens with one attached hydrogen (secondary N) is 1. The fourth-order valence-corrected chi connectivity index (χ4v) is 1.55. The predicted molar refractivity (Wildman–Crippen MR) is 67.0 cm³/mol. The number of amides is 2. The van der Waals surface area contributed by atoms with Gasteiger partial charge in [-0.05, 0) is 19.9 Å². The summed E-state index contributed by atoms with van der Waals surface area (Å²) in [6.07, 6.45) is 1.54. The molecule has 0 aliphatic carbocycles. The van der Waals surface area contributed by atoms with Gasteiger partial charge in [0.25, 0.3) is 11.5 Å². The van der Waals surface area contributed by atoms with Gasteiger partial charge in [-0.15, -0.1) is 0 Å². The molecule has 3 N–H and O–H groups in total. The van der Waals surface area contributed by atoms with Crippen LogP contribution in [0.2, 0.25) is 0 Å². The molecule has 0 aromatic carbocycles. The van der Waals surface area contributed by atoms with E-state index in [1.807, 2.05) is 0 Å². The maximum atomic E-state index is 11.9. The third kappa shape index (κ3) is 3.73. The summed E-state index contributed by atoms with van der Waals surface area (Å²) < 4.78 is 1.37. The molecule has 6 heteroatoms. The zero-order valence-electron chi connectivity index (χ0n) is 10.7. The molecule has 2 amide bonds. The molecule has 0 saturated carbocycles. The molecule has 0 spiro atoms. The Morgan fingerprint density at radius 2 is 2.06 bits per heavy atom. The highest BCUT2D eigenvalue weighted by molar-refractivity contribution is 5.94. The Bertz CT molecular complexity index is 532. The van der Waals surface area contributed by atoms with Gasteiger partial charge in [-0.25, -0.2) is 0 Å². The average Bonchev–Trinajstić information content (AvgIpc) is 2.19. The summed E-state index contributed by atoms with van der Waals surface area (Å²) >= 11 is 0. The molecule has 1 aromatic rings. The van der Waals surface area contributed by atoms with E-state index in [0.717, 1.165) is 0 Å². The molecule has 0 saturated heterocycles. The number of nitrogens with two attached hydrogens (primary N) is 1. The number of aryl methyl sites for hydroxylation is 1. The molecule has 1 aromatic heterocycles. The number of hydrogen-bond acceptors (Lipinski definition) is 3. The van der Waals surface area contributed by atoms with Crippen molar-refractivity contribution in [2.24, 2.45) is 12.8 Å². The first-order chi connectivity index (χ1) is 8.21. The smallest absolute Gasteiger partial charge is 0.251 e. The lowest BCUT2D eigenvalue weighted by molar-refractivity contribution is -0.119. The number of nitrogens with zero attached hydrogens (tertiary/aromatic N) is 1. The summed E-state index contributed by atoms with van der Waals surface area (Å²) in [5.41, 5.74) is 4.34. The first-order valence-electron chi connectivity index (χ1n) is 5.49. The molecule has 1 heterocycles. The Morgan fingerprint density at radius 3 is 2.56 bits per heavy atom. The zero-order chi connectivity index (χ0) is 13.9. The van der Waals surface area contributed by atoms with Crippen molar-refractivity contribution in [2.45, 2.75) is 25.8 Å². The van der Waals surface area contributed by atoms with Gasteiger partial charge in [-0.1, -0.05) is 0 Å². The summed E-state index contributed by atoms with van der Waals surface area (Å²) in [4.78, 5) is 34.1. The van der Waals surface area contributed by atoms with Gasteiger partial charge >= 0.3 is 0 Å². The Kier molecular flexibility index (Phi) is 3.90. The van der Waals surface area contributed by atoms with Crippen LogP contribution in [0.5, 0.6) is 0 Å². The summed E-state index contributed by atoms with van der Waals surface area (Å²) in [7, 11) is 1.60. The number of rotatable bonds is 4. The van der Waals surface area contributed by atoms with Crippen LogP contribution in [0, 0.1) is 0 Å². The molecule has 0 atom stereocenters. The molecule has 0 aliphatic heterocycles. The number of hydrogen-bond donors (Lipinski definition) is 2. The Labute approximate surface area is 105 Å². The van der Waals surface area contributed by atoms with E-state index >= 15 is 0 Å². The largest absolute Gasteiger partial charge is 0.370 e. The first-order valence-corrected chi connectivity index (χ1v) is 5.49. The number of carbonyl (C=O) groups is 2. The van der Waals surface area contributed by atoms with Gasteiger partial charge < -0.3 is 15.6 Å². The highest BCUT2D eigenvalue weighted by Crippen LogP contribution is 2.09. The van der Waals surface area contributed by atoms with Crippen molar-refractivity contribution in [3.63, 3.8) is 0 Å². The third-order valence-corrected chi connectivity index (χ3v) is 2.43. The molecular formula is C12H17N3O3. The lowest BCUT2D eigenvalue weighted by Gasteiger charge is -2.24. The first kappa shape index (κ1) is 14.0. The molecule has 0 aliphatic rings. The van der Waals surface area contributed by atoms with E-state index in [9.17, 15) is 14.4 Å². The zero-order valence-corrected chi connectivity index (χ0v) is 10.7. The van der Waals surface area contributed by atoms with Gasteiger partial charge in [0.2, 0.25) is 5.91 Å². The van der Waals surface area contributed by atoms with Gasteiger partial charge in [0.1, 0.15) is 0 Å². The molecule has 0 fully saturated rings. The highest BCUT2D eigenvalue weighted by atomic mass is 16.2. The van der Waals surface area contributed by atoms with Crippen LogP contribution in [0.25, 0.3) is 0 Å². The van der Waals surface area contributed by atoms with Crippen molar-refractivity contribution < 1.29 is 9.59 Å². The molecule has 6 nitrogen and oxygen atoms in total. The topological polar surface area (TPSA) is 94.2 Å². The van der Waals surface area contributed by atoms with Crippen LogP contribution in [0.3, 0.4) is 0 Å². The molecule has 0 radical (unpaired) electrons. The number of pyridine rings is 1. The highest BCUT2D eigenvalue weighted by Gasteiger charge is 2.23. The van der Waals surface area contributed by atoms with Crippen LogP contribution in [0.1, 0.15) is 30.6 Å². The van der Waals surface area contributed by atoms with Crippen molar-refractivity contribution >= 4 is 11.8 Å². The van der Waals surface area contributed by atoms with Crippen LogP contribution in [0.15, 0.2) is 23.1 Å². The Hall–Kier alpha value is -2.11. The quantitative estimate of drug-likeness (QED) is 0.773. The molecule has 98 valence electrons. The number of aromatic nitrogens is 1. The minimum absolute atomic E-state index is 0.0313. The van der Waals surface area contributed by atoms with Crippen molar-refractivity contribution in [2.75, 3.05) is 0 Å². The van der Waals surface area contributed by atoms with Crippen LogP contribution in [0.4, 0.5) is 0 Å². The minimum atomic E-state index is -0.746. The summed E-state index contributed by atoms with van der Waals surface area (Å²) in [5, 5.41) is 2.66. The fourth-order valence-electron chi connectivity index (χ4n) is 1.55. The Balaban J connectivity index is 2.85. The van der Waals surface area contributed by atoms with Crippen molar-refractivity contribution in [1.29, 1.82) is 0 Å². The van der Waals surface area contributed by atoms with Gasteiger partial charge in [-0.2, -0.15) is 0 Å². The second-order valence-corrected chi connectivity index (χ2v) is 4.85. The SMILES string of the molecule is Cn1ccc(C(=O)NC(C)(C)CC(N)=O)cc1=O. The second kappa shape index (κ2) is 5.03. The average molecular weight is 251 g/mol. The van der Waals surface area contributed by atoms with Gasteiger partial charge in [-0.3, -0.25) is 14.4 Å². The molecular weight excluding hydrogens is 234 g/mol. The summed E-state index contributed by atoms with van der Waals surface area (Å²) in [5.74, 6) is -0.900. The molecule has 18 heavy (non-hydrogen) atoms. The van der Waals surface area contributed by atoms with Crippen LogP contribution >= 0.6 is 0 Å². The van der Waals surface area contributed by atoms with Crippen molar-refractivity contribution in [1.82, 2.24) is 9.88 Å². The minimum Gasteiger partial charge on any atom is -0.370 e. The van der Waals surface area contributed by atoms with Crippen molar-refractivity contribution in [3.8, 4) is 0 Å². The van der Waals surface area contributed by atoms with E-state index in [1.165, 1.54) is 22.9 Å². The standard InChI is InChI=1S/C12H17N3O3/c1-12(2,7-9(13)16)14-11(18)8-4-5-15(3)10(17)6-8/h4-6H,7H2,1-3H3,(H2,13,16)(H,14,18). The van der Waals surface area contributed by atoms with E-state index in [4.69, 9.17) is 5.73 Å². The van der Waals surface area contributed by atoms with E-state index in [2.05, 4.69) is 5.32 Å². The predicted octanol–water partition coefficient (Wildman–Crippen LogP) is -0.231. The van der Waals surface area contributed by atoms with Gasteiger partial charge in [0.15, 0.2) is 0 Å². The maximum Gasteiger partial charge on any atom is 0.251 e. The molecule has 0 unspecified atom stereocenters. The lowest BCUT2D eigenvalue weighted by atomic mass is 10.00. The fraction of sp³-hybridized carbons (Fsp3) is 0.417. The van der Waals surface area contributed by atoms with E-state index in [-0.39, 0.29) is 17.5 Å². The van der Waals surface area contributed by atoms with E-state index in [1.54, 1.807) is 20.9 Å².